The minimum Gasteiger partial charge on any atom is -0.411 e. The van der Waals surface area contributed by atoms with Crippen LogP contribution in [-0.4, -0.2) is 26.3 Å². The predicted octanol–water partition coefficient (Wildman–Crippen LogP) is -0.205. The Morgan fingerprint density at radius 2 is 2.36 bits per heavy atom. The first-order valence-corrected chi connectivity index (χ1v) is 3.49. The fourth-order valence-electron chi connectivity index (χ4n) is 0.977. The highest BCUT2D eigenvalue weighted by atomic mass is 16.6. The van der Waals surface area contributed by atoms with Crippen LogP contribution in [0.25, 0.3) is 0 Å². The second-order valence-electron chi connectivity index (χ2n) is 2.40. The van der Waals surface area contributed by atoms with Crippen molar-refractivity contribution in [2.75, 3.05) is 0 Å². The van der Waals surface area contributed by atoms with E-state index in [0.717, 1.165) is 6.21 Å². The number of aryl methyl sites for hydroxylation is 1. The zero-order valence-electron chi connectivity index (χ0n) is 7.09. The molecule has 0 radical (unpaired) electrons. The number of nitrogens with zero attached hydrogens (tertiary/aromatic N) is 3. The Bertz CT molecular complexity index is 450. The van der Waals surface area contributed by atoms with Gasteiger partial charge < -0.3 is 10.2 Å². The quantitative estimate of drug-likeness (QED) is 0.295. The number of H-pyrrole nitrogens is 1. The highest BCUT2D eigenvalue weighted by Gasteiger charge is 2.18. The number of aromatic nitrogens is 2. The number of aromatic amines is 1. The summed E-state index contributed by atoms with van der Waals surface area (Å²) < 4.78 is 0. The van der Waals surface area contributed by atoms with E-state index in [1.807, 2.05) is 0 Å². The third-order valence-corrected chi connectivity index (χ3v) is 1.48. The maximum absolute atomic E-state index is 10.8. The van der Waals surface area contributed by atoms with E-state index in [1.54, 1.807) is 0 Å². The Morgan fingerprint density at radius 3 is 2.86 bits per heavy atom. The smallest absolute Gasteiger partial charge is 0.346 e. The lowest BCUT2D eigenvalue weighted by molar-refractivity contribution is -0.386. The molecule has 2 N–H and O–H groups in total. The van der Waals surface area contributed by atoms with Crippen molar-refractivity contribution in [2.45, 2.75) is 6.92 Å². The SMILES string of the molecule is Cc1[nH]c(=O)nc(C=NO)c1[N+](=O)[O-]. The molecule has 0 atom stereocenters. The summed E-state index contributed by atoms with van der Waals surface area (Å²) in [5, 5.41) is 21.3. The predicted molar refractivity (Wildman–Crippen MR) is 45.6 cm³/mol. The lowest BCUT2D eigenvalue weighted by Crippen LogP contribution is -2.16. The van der Waals surface area contributed by atoms with Gasteiger partial charge in [0.2, 0.25) is 0 Å². The molecular weight excluding hydrogens is 192 g/mol. The van der Waals surface area contributed by atoms with Crippen molar-refractivity contribution in [2.24, 2.45) is 5.16 Å². The van der Waals surface area contributed by atoms with Crippen LogP contribution >= 0.6 is 0 Å². The van der Waals surface area contributed by atoms with Crippen LogP contribution in [0.1, 0.15) is 11.4 Å². The Labute approximate surface area is 77.1 Å². The number of nitro groups is 1. The van der Waals surface area contributed by atoms with Crippen molar-refractivity contribution < 1.29 is 10.1 Å². The summed E-state index contributed by atoms with van der Waals surface area (Å²) in [5.41, 5.74) is -1.34. The molecule has 8 heteroatoms. The van der Waals surface area contributed by atoms with Crippen LogP contribution in [-0.2, 0) is 0 Å². The summed E-state index contributed by atoms with van der Waals surface area (Å²) in [6.45, 7) is 1.36. The molecule has 0 aromatic carbocycles. The average molecular weight is 198 g/mol. The van der Waals surface area contributed by atoms with Crippen LogP contribution < -0.4 is 5.69 Å². The molecule has 0 aliphatic rings. The summed E-state index contributed by atoms with van der Waals surface area (Å²) >= 11 is 0. The van der Waals surface area contributed by atoms with Gasteiger partial charge in [-0.15, -0.1) is 0 Å². The van der Waals surface area contributed by atoms with E-state index in [1.165, 1.54) is 6.92 Å². The molecule has 1 aromatic rings. The van der Waals surface area contributed by atoms with E-state index >= 15 is 0 Å². The molecule has 8 nitrogen and oxygen atoms in total. The molecule has 1 aromatic heterocycles. The molecule has 1 rings (SSSR count). The normalized spacial score (nSPS) is 10.6. The van der Waals surface area contributed by atoms with Gasteiger partial charge in [0, 0.05) is 0 Å². The van der Waals surface area contributed by atoms with E-state index in [4.69, 9.17) is 5.21 Å². The van der Waals surface area contributed by atoms with Crippen LogP contribution in [0.3, 0.4) is 0 Å². The first kappa shape index (κ1) is 9.84. The first-order chi connectivity index (χ1) is 6.56. The fraction of sp³-hybridized carbons (Fsp3) is 0.167. The number of nitrogens with one attached hydrogen (secondary N) is 1. The molecule has 0 fully saturated rings. The van der Waals surface area contributed by atoms with Gasteiger partial charge in [-0.25, -0.2) is 4.79 Å². The van der Waals surface area contributed by atoms with Crippen LogP contribution in [0, 0.1) is 17.0 Å². The number of hydrogen-bond acceptors (Lipinski definition) is 6. The minimum absolute atomic E-state index is 0.0601. The highest BCUT2D eigenvalue weighted by molar-refractivity contribution is 5.82. The lowest BCUT2D eigenvalue weighted by Gasteiger charge is -1.97. The molecule has 0 spiro atoms. The monoisotopic (exact) mass is 198 g/mol. The molecule has 0 amide bonds. The molecular formula is C6H6N4O4. The summed E-state index contributed by atoms with van der Waals surface area (Å²) in [4.78, 5) is 26.1. The highest BCUT2D eigenvalue weighted by Crippen LogP contribution is 2.15. The van der Waals surface area contributed by atoms with Crippen molar-refractivity contribution >= 4 is 11.9 Å². The minimum atomic E-state index is -0.733. The summed E-state index contributed by atoms with van der Waals surface area (Å²) in [6.07, 6.45) is 0.736. The van der Waals surface area contributed by atoms with Crippen molar-refractivity contribution in [1.29, 1.82) is 0 Å². The Morgan fingerprint density at radius 1 is 1.71 bits per heavy atom. The zero-order chi connectivity index (χ0) is 10.7. The number of oxime groups is 1. The van der Waals surface area contributed by atoms with Crippen LogP contribution in [0.5, 0.6) is 0 Å². The Kier molecular flexibility index (Phi) is 2.56. The van der Waals surface area contributed by atoms with Gasteiger partial charge >= 0.3 is 11.4 Å². The fourth-order valence-corrected chi connectivity index (χ4v) is 0.977. The molecule has 0 aliphatic carbocycles. The third kappa shape index (κ3) is 1.73. The van der Waals surface area contributed by atoms with Gasteiger partial charge in [0.15, 0.2) is 5.69 Å². The number of hydrogen-bond donors (Lipinski definition) is 2. The third-order valence-electron chi connectivity index (χ3n) is 1.48. The van der Waals surface area contributed by atoms with Crippen LogP contribution in [0.15, 0.2) is 9.95 Å². The molecule has 74 valence electrons. The van der Waals surface area contributed by atoms with E-state index in [2.05, 4.69) is 15.1 Å². The molecule has 0 unspecified atom stereocenters. The van der Waals surface area contributed by atoms with Gasteiger partial charge in [-0.2, -0.15) is 4.98 Å². The van der Waals surface area contributed by atoms with Crippen LogP contribution in [0.4, 0.5) is 5.69 Å². The van der Waals surface area contributed by atoms with Gasteiger partial charge in [0.25, 0.3) is 0 Å². The molecule has 0 saturated carbocycles. The van der Waals surface area contributed by atoms with Crippen molar-refractivity contribution in [1.82, 2.24) is 9.97 Å². The summed E-state index contributed by atoms with van der Waals surface area (Å²) in [6, 6.07) is 0. The maximum Gasteiger partial charge on any atom is 0.346 e. The molecule has 14 heavy (non-hydrogen) atoms. The topological polar surface area (TPSA) is 121 Å². The van der Waals surface area contributed by atoms with Gasteiger partial charge in [-0.05, 0) is 6.92 Å². The van der Waals surface area contributed by atoms with E-state index < -0.39 is 10.6 Å². The van der Waals surface area contributed by atoms with Gasteiger partial charge in [0.1, 0.15) is 0 Å². The largest absolute Gasteiger partial charge is 0.411 e. The van der Waals surface area contributed by atoms with Crippen molar-refractivity contribution in [3.05, 3.63) is 32.0 Å². The maximum atomic E-state index is 10.8. The van der Waals surface area contributed by atoms with E-state index in [0.29, 0.717) is 0 Å². The Balaban J connectivity index is 3.52. The Hall–Kier alpha value is -2.25. The van der Waals surface area contributed by atoms with Crippen molar-refractivity contribution in [3.8, 4) is 0 Å². The van der Waals surface area contributed by atoms with Gasteiger partial charge in [0.05, 0.1) is 16.8 Å². The molecule has 0 bridgehead atoms. The number of rotatable bonds is 2. The average Bonchev–Trinajstić information content (AvgIpc) is 2.01. The molecule has 1 heterocycles. The first-order valence-electron chi connectivity index (χ1n) is 3.49. The van der Waals surface area contributed by atoms with Gasteiger partial charge in [-0.1, -0.05) is 5.16 Å². The van der Waals surface area contributed by atoms with E-state index in [9.17, 15) is 14.9 Å². The summed E-state index contributed by atoms with van der Waals surface area (Å²) in [7, 11) is 0. The van der Waals surface area contributed by atoms with E-state index in [-0.39, 0.29) is 17.1 Å². The van der Waals surface area contributed by atoms with Gasteiger partial charge in [-0.3, -0.25) is 10.1 Å². The molecule has 0 saturated heterocycles. The summed E-state index contributed by atoms with van der Waals surface area (Å²) in [5.74, 6) is 0. The van der Waals surface area contributed by atoms with Crippen LogP contribution in [0.2, 0.25) is 0 Å². The lowest BCUT2D eigenvalue weighted by atomic mass is 10.3. The zero-order valence-corrected chi connectivity index (χ0v) is 7.09. The standard InChI is InChI=1S/C6H6N4O4/c1-3-5(10(13)14)4(2-7-12)9-6(11)8-3/h2,12H,1H3,(H,8,9,11). The second kappa shape index (κ2) is 3.64. The second-order valence-corrected chi connectivity index (χ2v) is 2.40. The van der Waals surface area contributed by atoms with Crippen molar-refractivity contribution in [3.63, 3.8) is 0 Å². The molecule has 0 aliphatic heterocycles.